The Morgan fingerprint density at radius 2 is 2.15 bits per heavy atom. The van der Waals surface area contributed by atoms with E-state index in [0.29, 0.717) is 6.04 Å². The fourth-order valence-electron chi connectivity index (χ4n) is 2.82. The van der Waals surface area contributed by atoms with Crippen molar-refractivity contribution >= 4 is 11.8 Å². The molecule has 1 aromatic rings. The number of nitrogens with one attached hydrogen (secondary N) is 1. The second-order valence-electron chi connectivity index (χ2n) is 5.40. The van der Waals surface area contributed by atoms with E-state index >= 15 is 0 Å². The first-order chi connectivity index (χ1) is 9.65. The standard InChI is InChI=1S/C16H25FN2S/c1-4-19(5-2)11-12(3)18-15-9-10-20-16-13(15)7-6-8-14(16)17/h6-8,12,15,18H,4-5,9-11H2,1-3H3. The molecule has 112 valence electrons. The highest BCUT2D eigenvalue weighted by Crippen LogP contribution is 2.37. The van der Waals surface area contributed by atoms with Crippen LogP contribution in [0, 0.1) is 5.82 Å². The summed E-state index contributed by atoms with van der Waals surface area (Å²) in [5.74, 6) is 0.916. The molecule has 0 amide bonds. The van der Waals surface area contributed by atoms with Crippen LogP contribution in [0.5, 0.6) is 0 Å². The Kier molecular flexibility index (Phi) is 5.87. The quantitative estimate of drug-likeness (QED) is 0.862. The van der Waals surface area contributed by atoms with Gasteiger partial charge in [-0.3, -0.25) is 0 Å². The van der Waals surface area contributed by atoms with Gasteiger partial charge >= 0.3 is 0 Å². The molecule has 0 radical (unpaired) electrons. The number of rotatable bonds is 6. The van der Waals surface area contributed by atoms with Crippen LogP contribution in [0.3, 0.4) is 0 Å². The first-order valence-corrected chi connectivity index (χ1v) is 8.53. The summed E-state index contributed by atoms with van der Waals surface area (Å²) in [5.41, 5.74) is 1.13. The van der Waals surface area contributed by atoms with Crippen molar-refractivity contribution in [2.45, 2.75) is 44.2 Å². The molecule has 2 nitrogen and oxygen atoms in total. The van der Waals surface area contributed by atoms with E-state index in [2.05, 4.69) is 37.1 Å². The molecule has 2 atom stereocenters. The molecule has 0 fully saturated rings. The Hall–Kier alpha value is -0.580. The van der Waals surface area contributed by atoms with Crippen molar-refractivity contribution in [3.63, 3.8) is 0 Å². The van der Waals surface area contributed by atoms with Gasteiger partial charge in [0.1, 0.15) is 5.82 Å². The van der Waals surface area contributed by atoms with Gasteiger partial charge in [0.15, 0.2) is 0 Å². The summed E-state index contributed by atoms with van der Waals surface area (Å²) in [6.45, 7) is 9.80. The zero-order valence-electron chi connectivity index (χ0n) is 12.7. The molecule has 1 N–H and O–H groups in total. The average molecular weight is 296 g/mol. The summed E-state index contributed by atoms with van der Waals surface area (Å²) < 4.78 is 13.8. The molecule has 0 aliphatic carbocycles. The SMILES string of the molecule is CCN(CC)CC(C)NC1CCSc2c(F)cccc21. The summed E-state index contributed by atoms with van der Waals surface area (Å²) in [6, 6.07) is 6.15. The van der Waals surface area contributed by atoms with E-state index < -0.39 is 0 Å². The summed E-state index contributed by atoms with van der Waals surface area (Å²) >= 11 is 1.64. The Morgan fingerprint density at radius 3 is 2.85 bits per heavy atom. The van der Waals surface area contributed by atoms with Crippen LogP contribution in [-0.2, 0) is 0 Å². The van der Waals surface area contributed by atoms with Crippen molar-refractivity contribution in [2.75, 3.05) is 25.4 Å². The minimum Gasteiger partial charge on any atom is -0.306 e. The van der Waals surface area contributed by atoms with Crippen molar-refractivity contribution < 1.29 is 4.39 Å². The molecule has 1 aliphatic heterocycles. The third kappa shape index (κ3) is 3.74. The number of nitrogens with zero attached hydrogens (tertiary/aromatic N) is 1. The molecule has 1 heterocycles. The van der Waals surface area contributed by atoms with Gasteiger partial charge in [0.2, 0.25) is 0 Å². The van der Waals surface area contributed by atoms with Crippen LogP contribution in [-0.4, -0.2) is 36.3 Å². The van der Waals surface area contributed by atoms with E-state index in [9.17, 15) is 4.39 Å². The van der Waals surface area contributed by atoms with Crippen LogP contribution in [0.15, 0.2) is 23.1 Å². The van der Waals surface area contributed by atoms with E-state index in [1.165, 1.54) is 0 Å². The first kappa shape index (κ1) is 15.8. The Morgan fingerprint density at radius 1 is 1.40 bits per heavy atom. The number of thioether (sulfide) groups is 1. The van der Waals surface area contributed by atoms with Crippen molar-refractivity contribution in [3.05, 3.63) is 29.6 Å². The number of hydrogen-bond donors (Lipinski definition) is 1. The molecule has 20 heavy (non-hydrogen) atoms. The van der Waals surface area contributed by atoms with Crippen molar-refractivity contribution in [1.82, 2.24) is 10.2 Å². The second-order valence-corrected chi connectivity index (χ2v) is 6.51. The molecule has 0 aromatic heterocycles. The normalized spacial score (nSPS) is 19.9. The summed E-state index contributed by atoms with van der Waals surface area (Å²) in [6.07, 6.45) is 1.07. The largest absolute Gasteiger partial charge is 0.306 e. The highest BCUT2D eigenvalue weighted by Gasteiger charge is 2.24. The molecular weight excluding hydrogens is 271 g/mol. The van der Waals surface area contributed by atoms with E-state index in [-0.39, 0.29) is 11.9 Å². The minimum absolute atomic E-state index is 0.0737. The molecule has 0 saturated carbocycles. The number of halogens is 1. The van der Waals surface area contributed by atoms with Crippen molar-refractivity contribution in [3.8, 4) is 0 Å². The lowest BCUT2D eigenvalue weighted by atomic mass is 10.0. The molecule has 2 rings (SSSR count). The maximum absolute atomic E-state index is 13.8. The van der Waals surface area contributed by atoms with Crippen LogP contribution in [0.4, 0.5) is 4.39 Å². The first-order valence-electron chi connectivity index (χ1n) is 7.55. The topological polar surface area (TPSA) is 15.3 Å². The van der Waals surface area contributed by atoms with Gasteiger partial charge in [-0.1, -0.05) is 26.0 Å². The molecule has 0 saturated heterocycles. The molecule has 0 bridgehead atoms. The van der Waals surface area contributed by atoms with E-state index in [0.717, 1.165) is 42.3 Å². The van der Waals surface area contributed by atoms with Gasteiger partial charge in [-0.05, 0) is 43.8 Å². The predicted octanol–water partition coefficient (Wildman–Crippen LogP) is 3.68. The average Bonchev–Trinajstić information content (AvgIpc) is 2.46. The van der Waals surface area contributed by atoms with Gasteiger partial charge in [0.05, 0.1) is 0 Å². The maximum atomic E-state index is 13.8. The zero-order valence-corrected chi connectivity index (χ0v) is 13.5. The number of hydrogen-bond acceptors (Lipinski definition) is 3. The molecule has 1 aromatic carbocycles. The van der Waals surface area contributed by atoms with E-state index in [1.54, 1.807) is 17.8 Å². The molecule has 2 unspecified atom stereocenters. The fourth-order valence-corrected chi connectivity index (χ4v) is 3.97. The molecule has 1 aliphatic rings. The molecular formula is C16H25FN2S. The van der Waals surface area contributed by atoms with E-state index in [4.69, 9.17) is 0 Å². The van der Waals surface area contributed by atoms with Gasteiger partial charge in [0.25, 0.3) is 0 Å². The van der Waals surface area contributed by atoms with Gasteiger partial charge in [-0.2, -0.15) is 0 Å². The third-order valence-electron chi connectivity index (χ3n) is 3.94. The lowest BCUT2D eigenvalue weighted by Gasteiger charge is -2.31. The zero-order chi connectivity index (χ0) is 14.5. The smallest absolute Gasteiger partial charge is 0.137 e. The van der Waals surface area contributed by atoms with Gasteiger partial charge in [-0.25, -0.2) is 4.39 Å². The van der Waals surface area contributed by atoms with Gasteiger partial charge in [-0.15, -0.1) is 11.8 Å². The monoisotopic (exact) mass is 296 g/mol. The Balaban J connectivity index is 2.03. The lowest BCUT2D eigenvalue weighted by molar-refractivity contribution is 0.259. The van der Waals surface area contributed by atoms with Crippen LogP contribution in [0.1, 0.15) is 38.8 Å². The lowest BCUT2D eigenvalue weighted by Crippen LogP contribution is -2.41. The van der Waals surface area contributed by atoms with Crippen molar-refractivity contribution in [1.29, 1.82) is 0 Å². The van der Waals surface area contributed by atoms with Crippen LogP contribution < -0.4 is 5.32 Å². The van der Waals surface area contributed by atoms with Gasteiger partial charge < -0.3 is 10.2 Å². The van der Waals surface area contributed by atoms with Crippen LogP contribution in [0.25, 0.3) is 0 Å². The highest BCUT2D eigenvalue weighted by atomic mass is 32.2. The third-order valence-corrected chi connectivity index (χ3v) is 5.10. The van der Waals surface area contributed by atoms with Gasteiger partial charge in [0, 0.05) is 23.5 Å². The molecule has 0 spiro atoms. The predicted molar refractivity (Wildman–Crippen MR) is 84.9 cm³/mol. The summed E-state index contributed by atoms with van der Waals surface area (Å²) in [5, 5.41) is 3.68. The van der Waals surface area contributed by atoms with Crippen LogP contribution in [0.2, 0.25) is 0 Å². The second kappa shape index (κ2) is 7.43. The van der Waals surface area contributed by atoms with Crippen LogP contribution >= 0.6 is 11.8 Å². The Bertz CT molecular complexity index is 434. The number of benzene rings is 1. The Labute approximate surface area is 126 Å². The van der Waals surface area contributed by atoms with Crippen molar-refractivity contribution in [2.24, 2.45) is 0 Å². The number of fused-ring (bicyclic) bond motifs is 1. The maximum Gasteiger partial charge on any atom is 0.137 e. The summed E-state index contributed by atoms with van der Waals surface area (Å²) in [7, 11) is 0. The fraction of sp³-hybridized carbons (Fsp3) is 0.625. The highest BCUT2D eigenvalue weighted by molar-refractivity contribution is 7.99. The van der Waals surface area contributed by atoms with E-state index in [1.807, 2.05) is 6.07 Å². The minimum atomic E-state index is -0.0737. The molecule has 4 heteroatoms. The summed E-state index contributed by atoms with van der Waals surface area (Å²) in [4.78, 5) is 3.26. The number of likely N-dealkylation sites (N-methyl/N-ethyl adjacent to an activating group) is 1.